The highest BCUT2D eigenvalue weighted by molar-refractivity contribution is 7.25. The molecule has 0 aliphatic rings. The topological polar surface area (TPSA) is 67.4 Å². The lowest BCUT2D eigenvalue weighted by Crippen LogP contribution is -2.02. The number of nitriles is 1. The van der Waals surface area contributed by atoms with Crippen LogP contribution >= 0.6 is 11.3 Å². The molecule has 242 valence electrons. The molecule has 3 heterocycles. The average Bonchev–Trinajstić information content (AvgIpc) is 3.75. The van der Waals surface area contributed by atoms with Gasteiger partial charge in [0.25, 0.3) is 0 Å². The van der Waals surface area contributed by atoms with E-state index in [4.69, 9.17) is 15.0 Å². The second kappa shape index (κ2) is 12.1. The van der Waals surface area contributed by atoms with E-state index in [1.54, 1.807) is 0 Å². The van der Waals surface area contributed by atoms with Crippen molar-refractivity contribution in [2.75, 3.05) is 0 Å². The van der Waals surface area contributed by atoms with Gasteiger partial charge in [-0.05, 0) is 48.5 Å². The van der Waals surface area contributed by atoms with Crippen LogP contribution in [0.1, 0.15) is 5.56 Å². The summed E-state index contributed by atoms with van der Waals surface area (Å²) in [5, 5.41) is 15.3. The number of hydrogen-bond acceptors (Lipinski definition) is 5. The first kappa shape index (κ1) is 29.9. The monoisotopic (exact) mass is 681 g/mol. The highest BCUT2D eigenvalue weighted by atomic mass is 32.1. The summed E-state index contributed by atoms with van der Waals surface area (Å²) in [4.78, 5) is 15.0. The van der Waals surface area contributed by atoms with E-state index in [1.807, 2.05) is 96.3 Å². The molecule has 3 aromatic heterocycles. The van der Waals surface area contributed by atoms with Crippen LogP contribution in [0, 0.1) is 11.3 Å². The Hall–Kier alpha value is -6.94. The number of hydrogen-bond donors (Lipinski definition) is 0. The van der Waals surface area contributed by atoms with E-state index in [2.05, 4.69) is 89.5 Å². The minimum absolute atomic E-state index is 0.559. The van der Waals surface area contributed by atoms with Crippen molar-refractivity contribution in [2.24, 2.45) is 0 Å². The maximum Gasteiger partial charge on any atom is 0.164 e. The summed E-state index contributed by atoms with van der Waals surface area (Å²) in [6, 6.07) is 58.5. The molecule has 10 aromatic rings. The third-order valence-electron chi connectivity index (χ3n) is 9.70. The summed E-state index contributed by atoms with van der Waals surface area (Å²) in [6.45, 7) is 0. The molecule has 5 nitrogen and oxygen atoms in total. The third-order valence-corrected chi connectivity index (χ3v) is 10.8. The minimum atomic E-state index is 0.559. The molecule has 0 saturated carbocycles. The lowest BCUT2D eigenvalue weighted by atomic mass is 9.96. The Labute approximate surface area is 303 Å². The fourth-order valence-electron chi connectivity index (χ4n) is 7.29. The standard InChI is InChI=1S/C46H27N5S/c47-28-32-17-7-8-18-33(32)36-25-31(46-49-44(29-13-3-1-4-14-29)48-45(50-46)30-15-5-2-6-16-30)23-24-40(36)51-39-21-11-9-19-34(39)37-26-38-35-20-10-12-22-42(35)52-43(38)27-41(37)51/h1-27H. The van der Waals surface area contributed by atoms with Gasteiger partial charge in [0.15, 0.2) is 17.5 Å². The zero-order valence-corrected chi connectivity index (χ0v) is 28.5. The van der Waals surface area contributed by atoms with Crippen LogP contribution in [-0.2, 0) is 0 Å². The molecular formula is C46H27N5S. The van der Waals surface area contributed by atoms with Crippen LogP contribution in [-0.4, -0.2) is 19.5 Å². The summed E-state index contributed by atoms with van der Waals surface area (Å²) in [5.74, 6) is 1.76. The molecule has 0 aliphatic heterocycles. The smallest absolute Gasteiger partial charge is 0.164 e. The maximum atomic E-state index is 10.4. The first-order valence-electron chi connectivity index (χ1n) is 17.1. The lowest BCUT2D eigenvalue weighted by Gasteiger charge is -2.17. The van der Waals surface area contributed by atoms with Gasteiger partial charge in [-0.1, -0.05) is 115 Å². The Morgan fingerprint density at radius 1 is 0.442 bits per heavy atom. The molecule has 0 bridgehead atoms. The van der Waals surface area contributed by atoms with Gasteiger partial charge in [0, 0.05) is 58.8 Å². The molecule has 0 atom stereocenters. The van der Waals surface area contributed by atoms with E-state index in [0.717, 1.165) is 44.5 Å². The molecule has 0 fully saturated rings. The number of rotatable bonds is 5. The summed E-state index contributed by atoms with van der Waals surface area (Å²) >= 11 is 1.82. The van der Waals surface area contributed by atoms with Crippen LogP contribution in [0.3, 0.4) is 0 Å². The molecule has 0 N–H and O–H groups in total. The highest BCUT2D eigenvalue weighted by Crippen LogP contribution is 2.43. The van der Waals surface area contributed by atoms with Crippen molar-refractivity contribution in [2.45, 2.75) is 0 Å². The summed E-state index contributed by atoms with van der Waals surface area (Å²) < 4.78 is 4.86. The normalized spacial score (nSPS) is 11.4. The largest absolute Gasteiger partial charge is 0.309 e. The van der Waals surface area contributed by atoms with Crippen LogP contribution < -0.4 is 0 Å². The lowest BCUT2D eigenvalue weighted by molar-refractivity contribution is 1.07. The van der Waals surface area contributed by atoms with Crippen molar-refractivity contribution >= 4 is 53.3 Å². The summed E-state index contributed by atoms with van der Waals surface area (Å²) in [5.41, 5.74) is 8.19. The minimum Gasteiger partial charge on any atom is -0.309 e. The highest BCUT2D eigenvalue weighted by Gasteiger charge is 2.21. The second-order valence-corrected chi connectivity index (χ2v) is 13.8. The Balaban J connectivity index is 1.26. The van der Waals surface area contributed by atoms with Gasteiger partial charge in [0.05, 0.1) is 28.4 Å². The molecule has 6 heteroatoms. The number of benzene rings is 7. The predicted octanol–water partition coefficient (Wildman–Crippen LogP) is 11.9. The fraction of sp³-hybridized carbons (Fsp3) is 0. The molecule has 7 aromatic carbocycles. The molecule has 10 rings (SSSR count). The first-order valence-corrected chi connectivity index (χ1v) is 17.9. The van der Waals surface area contributed by atoms with Gasteiger partial charge in [-0.3, -0.25) is 0 Å². The van der Waals surface area contributed by atoms with Crippen LogP contribution in [0.2, 0.25) is 0 Å². The Morgan fingerprint density at radius 3 is 1.79 bits per heavy atom. The molecule has 0 unspecified atom stereocenters. The van der Waals surface area contributed by atoms with Gasteiger partial charge >= 0.3 is 0 Å². The molecule has 52 heavy (non-hydrogen) atoms. The second-order valence-electron chi connectivity index (χ2n) is 12.7. The summed E-state index contributed by atoms with van der Waals surface area (Å²) in [6.07, 6.45) is 0. The zero-order valence-electron chi connectivity index (χ0n) is 27.7. The molecule has 0 amide bonds. The number of fused-ring (bicyclic) bond motifs is 6. The molecular weight excluding hydrogens is 655 g/mol. The van der Waals surface area contributed by atoms with Crippen molar-refractivity contribution in [3.63, 3.8) is 0 Å². The number of thiophene rings is 1. The van der Waals surface area contributed by atoms with Gasteiger partial charge in [0.1, 0.15) is 0 Å². The molecule has 0 aliphatic carbocycles. The van der Waals surface area contributed by atoms with E-state index >= 15 is 0 Å². The summed E-state index contributed by atoms with van der Waals surface area (Å²) in [7, 11) is 0. The Kier molecular flexibility index (Phi) is 6.98. The van der Waals surface area contributed by atoms with Gasteiger partial charge in [-0.15, -0.1) is 11.3 Å². The molecule has 0 saturated heterocycles. The van der Waals surface area contributed by atoms with E-state index in [-0.39, 0.29) is 0 Å². The molecule has 0 spiro atoms. The zero-order chi connectivity index (χ0) is 34.6. The van der Waals surface area contributed by atoms with E-state index in [1.165, 1.54) is 30.9 Å². The van der Waals surface area contributed by atoms with Gasteiger partial charge in [0.2, 0.25) is 0 Å². The third kappa shape index (κ3) is 4.87. The Bertz CT molecular complexity index is 2970. The number of nitrogens with zero attached hydrogens (tertiary/aromatic N) is 5. The van der Waals surface area contributed by atoms with E-state index in [0.29, 0.717) is 23.0 Å². The van der Waals surface area contributed by atoms with Crippen molar-refractivity contribution in [1.29, 1.82) is 5.26 Å². The van der Waals surface area contributed by atoms with Crippen LogP contribution in [0.15, 0.2) is 164 Å². The van der Waals surface area contributed by atoms with Crippen LogP contribution in [0.25, 0.3) is 93.0 Å². The first-order chi connectivity index (χ1) is 25.7. The van der Waals surface area contributed by atoms with Crippen molar-refractivity contribution in [1.82, 2.24) is 19.5 Å². The van der Waals surface area contributed by atoms with Gasteiger partial charge in [-0.25, -0.2) is 15.0 Å². The van der Waals surface area contributed by atoms with E-state index in [9.17, 15) is 5.26 Å². The van der Waals surface area contributed by atoms with E-state index < -0.39 is 0 Å². The predicted molar refractivity (Wildman–Crippen MR) is 214 cm³/mol. The van der Waals surface area contributed by atoms with Crippen molar-refractivity contribution in [3.05, 3.63) is 169 Å². The van der Waals surface area contributed by atoms with Crippen molar-refractivity contribution < 1.29 is 0 Å². The van der Waals surface area contributed by atoms with Gasteiger partial charge < -0.3 is 4.57 Å². The quantitative estimate of drug-likeness (QED) is 0.181. The SMILES string of the molecule is N#Cc1ccccc1-c1cc(-c2nc(-c3ccccc3)nc(-c3ccccc3)n2)ccc1-n1c2ccccc2c2cc3c(cc21)sc1ccccc13. The average molecular weight is 682 g/mol. The number of para-hydroxylation sites is 1. The Morgan fingerprint density at radius 2 is 1.06 bits per heavy atom. The number of aromatic nitrogens is 4. The molecule has 0 radical (unpaired) electrons. The van der Waals surface area contributed by atoms with Crippen molar-refractivity contribution in [3.8, 4) is 57.0 Å². The van der Waals surface area contributed by atoms with Gasteiger partial charge in [-0.2, -0.15) is 5.26 Å². The fourth-order valence-corrected chi connectivity index (χ4v) is 8.41. The maximum absolute atomic E-state index is 10.4. The van der Waals surface area contributed by atoms with Crippen LogP contribution in [0.5, 0.6) is 0 Å². The van der Waals surface area contributed by atoms with Crippen LogP contribution in [0.4, 0.5) is 0 Å².